The molecule has 0 saturated carbocycles. The van der Waals surface area contributed by atoms with E-state index >= 15 is 0 Å². The topological polar surface area (TPSA) is 91.4 Å². The highest BCUT2D eigenvalue weighted by molar-refractivity contribution is 5.86. The van der Waals surface area contributed by atoms with E-state index in [-0.39, 0.29) is 11.9 Å². The van der Waals surface area contributed by atoms with E-state index < -0.39 is 6.09 Å². The molecule has 0 aromatic carbocycles. The Morgan fingerprint density at radius 1 is 1.22 bits per heavy atom. The molecule has 1 aromatic rings. The van der Waals surface area contributed by atoms with Crippen molar-refractivity contribution >= 4 is 12.0 Å². The van der Waals surface area contributed by atoms with Crippen LogP contribution < -0.4 is 0 Å². The Hall–Kier alpha value is -2.12. The molecule has 126 valence electrons. The third kappa shape index (κ3) is 3.30. The zero-order valence-electron chi connectivity index (χ0n) is 13.4. The minimum Gasteiger partial charge on any atom is -0.453 e. The van der Waals surface area contributed by atoms with Crippen LogP contribution in [-0.2, 0) is 9.53 Å². The van der Waals surface area contributed by atoms with Gasteiger partial charge in [-0.05, 0) is 32.1 Å². The number of piperidine rings is 2. The van der Waals surface area contributed by atoms with Crippen LogP contribution in [0.25, 0.3) is 0 Å². The number of aromatic nitrogens is 3. The Labute approximate surface area is 135 Å². The van der Waals surface area contributed by atoms with Gasteiger partial charge in [-0.3, -0.25) is 14.8 Å². The molecule has 1 unspecified atom stereocenters. The number of amides is 2. The molecule has 0 spiro atoms. The minimum atomic E-state index is -0.403. The minimum absolute atomic E-state index is 0.0473. The zero-order valence-corrected chi connectivity index (χ0v) is 13.4. The number of H-pyrrole nitrogens is 1. The first kappa shape index (κ1) is 15.8. The number of ether oxygens (including phenoxy) is 1. The zero-order chi connectivity index (χ0) is 16.2. The lowest BCUT2D eigenvalue weighted by atomic mass is 9.94. The number of carbonyl (C=O) groups excluding carboxylic acids is 2. The Morgan fingerprint density at radius 3 is 2.65 bits per heavy atom. The number of carbonyl (C=O) groups is 2. The van der Waals surface area contributed by atoms with Gasteiger partial charge in [0.05, 0.1) is 7.11 Å². The highest BCUT2D eigenvalue weighted by Crippen LogP contribution is 2.27. The Kier molecular flexibility index (Phi) is 4.78. The summed E-state index contributed by atoms with van der Waals surface area (Å²) >= 11 is 0. The number of methoxy groups -OCH3 is 1. The molecule has 0 aliphatic carbocycles. The van der Waals surface area contributed by atoms with Crippen LogP contribution in [0.4, 0.5) is 4.79 Å². The van der Waals surface area contributed by atoms with Gasteiger partial charge in [-0.1, -0.05) is 0 Å². The van der Waals surface area contributed by atoms with Crippen molar-refractivity contribution in [1.82, 2.24) is 25.0 Å². The van der Waals surface area contributed by atoms with Crippen molar-refractivity contribution in [3.8, 4) is 0 Å². The van der Waals surface area contributed by atoms with Crippen LogP contribution in [0, 0.1) is 0 Å². The average Bonchev–Trinajstić information content (AvgIpc) is 3.15. The maximum Gasteiger partial charge on any atom is 0.410 e. The molecule has 2 fully saturated rings. The van der Waals surface area contributed by atoms with Gasteiger partial charge in [0.2, 0.25) is 5.91 Å². The van der Waals surface area contributed by atoms with Gasteiger partial charge in [0.1, 0.15) is 18.2 Å². The van der Waals surface area contributed by atoms with E-state index in [1.807, 2.05) is 4.90 Å². The average molecular weight is 321 g/mol. The van der Waals surface area contributed by atoms with Crippen LogP contribution in [0.3, 0.4) is 0 Å². The Morgan fingerprint density at radius 2 is 2.00 bits per heavy atom. The quantitative estimate of drug-likeness (QED) is 0.881. The molecule has 8 heteroatoms. The monoisotopic (exact) mass is 321 g/mol. The summed E-state index contributed by atoms with van der Waals surface area (Å²) in [5, 5.41) is 6.80. The third-order valence-electron chi connectivity index (χ3n) is 4.82. The van der Waals surface area contributed by atoms with Crippen molar-refractivity contribution in [2.75, 3.05) is 26.7 Å². The van der Waals surface area contributed by atoms with Crippen molar-refractivity contribution in [1.29, 1.82) is 0 Å². The predicted octanol–water partition coefficient (Wildman–Crippen LogP) is 1.13. The number of aromatic amines is 1. The first-order valence-corrected chi connectivity index (χ1v) is 8.19. The third-order valence-corrected chi connectivity index (χ3v) is 4.82. The van der Waals surface area contributed by atoms with E-state index in [0.29, 0.717) is 25.6 Å². The van der Waals surface area contributed by atoms with Gasteiger partial charge < -0.3 is 9.64 Å². The molecule has 0 bridgehead atoms. The van der Waals surface area contributed by atoms with Crippen molar-refractivity contribution in [3.05, 3.63) is 12.2 Å². The van der Waals surface area contributed by atoms with Crippen LogP contribution in [-0.4, -0.2) is 69.8 Å². The van der Waals surface area contributed by atoms with Crippen LogP contribution in [0.2, 0.25) is 0 Å². The molecule has 2 aliphatic heterocycles. The number of nitrogens with one attached hydrogen (secondary N) is 1. The van der Waals surface area contributed by atoms with Gasteiger partial charge in [-0.2, -0.15) is 5.10 Å². The van der Waals surface area contributed by atoms with E-state index in [0.717, 1.165) is 37.9 Å². The molecule has 3 rings (SSSR count). The summed E-state index contributed by atoms with van der Waals surface area (Å²) in [6.45, 7) is 1.98. The summed E-state index contributed by atoms with van der Waals surface area (Å²) in [6, 6.07) is -0.377. The maximum absolute atomic E-state index is 12.8. The van der Waals surface area contributed by atoms with Gasteiger partial charge in [-0.15, -0.1) is 0 Å². The van der Waals surface area contributed by atoms with Crippen molar-refractivity contribution in [3.63, 3.8) is 0 Å². The molecule has 2 aliphatic rings. The molecule has 8 nitrogen and oxygen atoms in total. The Balaban J connectivity index is 1.60. The number of likely N-dealkylation sites (tertiary alicyclic amines) is 2. The van der Waals surface area contributed by atoms with Gasteiger partial charge in [0.15, 0.2) is 0 Å². The lowest BCUT2D eigenvalue weighted by Crippen LogP contribution is -2.54. The van der Waals surface area contributed by atoms with Gasteiger partial charge in [0, 0.05) is 25.6 Å². The van der Waals surface area contributed by atoms with E-state index in [2.05, 4.69) is 15.2 Å². The predicted molar refractivity (Wildman–Crippen MR) is 81.7 cm³/mol. The molecule has 1 N–H and O–H groups in total. The largest absolute Gasteiger partial charge is 0.453 e. The normalized spacial score (nSPS) is 22.9. The highest BCUT2D eigenvalue weighted by Gasteiger charge is 2.36. The second-order valence-corrected chi connectivity index (χ2v) is 6.15. The molecule has 2 saturated heterocycles. The standard InChI is InChI=1S/C15H23N5O3/c1-23-15(22)20-7-3-2-4-12(20)14(21)19-8-5-11(6-9-19)13-16-10-17-18-13/h10-12H,2-9H2,1H3,(H,16,17,18). The first-order valence-electron chi connectivity index (χ1n) is 8.19. The van der Waals surface area contributed by atoms with E-state index in [4.69, 9.17) is 4.74 Å². The summed E-state index contributed by atoms with van der Waals surface area (Å²) in [4.78, 5) is 32.4. The summed E-state index contributed by atoms with van der Waals surface area (Å²) in [6.07, 6.45) is 5.46. The fourth-order valence-electron chi connectivity index (χ4n) is 3.52. The van der Waals surface area contributed by atoms with Crippen LogP contribution in [0.15, 0.2) is 6.33 Å². The summed E-state index contributed by atoms with van der Waals surface area (Å²) < 4.78 is 4.82. The van der Waals surface area contributed by atoms with E-state index in [1.165, 1.54) is 13.4 Å². The second-order valence-electron chi connectivity index (χ2n) is 6.15. The van der Waals surface area contributed by atoms with Crippen LogP contribution in [0.1, 0.15) is 43.8 Å². The van der Waals surface area contributed by atoms with E-state index in [9.17, 15) is 9.59 Å². The maximum atomic E-state index is 12.8. The molecule has 0 radical (unpaired) electrons. The SMILES string of the molecule is COC(=O)N1CCCCC1C(=O)N1CCC(c2ncn[nH]2)CC1. The molecule has 3 heterocycles. The van der Waals surface area contributed by atoms with E-state index in [1.54, 1.807) is 4.90 Å². The lowest BCUT2D eigenvalue weighted by Gasteiger charge is -2.39. The first-order chi connectivity index (χ1) is 11.2. The van der Waals surface area contributed by atoms with Crippen molar-refractivity contribution in [2.45, 2.75) is 44.1 Å². The smallest absolute Gasteiger partial charge is 0.410 e. The number of hydrogen-bond donors (Lipinski definition) is 1. The highest BCUT2D eigenvalue weighted by atomic mass is 16.5. The summed E-state index contributed by atoms with van der Waals surface area (Å²) in [7, 11) is 1.36. The Bertz CT molecular complexity index is 539. The fourth-order valence-corrected chi connectivity index (χ4v) is 3.52. The summed E-state index contributed by atoms with van der Waals surface area (Å²) in [5.74, 6) is 1.27. The van der Waals surface area contributed by atoms with Crippen LogP contribution >= 0.6 is 0 Å². The number of nitrogens with zero attached hydrogens (tertiary/aromatic N) is 4. The number of rotatable bonds is 2. The second kappa shape index (κ2) is 6.97. The van der Waals surface area contributed by atoms with Gasteiger partial charge >= 0.3 is 6.09 Å². The van der Waals surface area contributed by atoms with Gasteiger partial charge in [0.25, 0.3) is 0 Å². The molecule has 1 atom stereocenters. The van der Waals surface area contributed by atoms with Crippen molar-refractivity contribution < 1.29 is 14.3 Å². The molecular weight excluding hydrogens is 298 g/mol. The fraction of sp³-hybridized carbons (Fsp3) is 0.733. The van der Waals surface area contributed by atoms with Gasteiger partial charge in [-0.25, -0.2) is 9.78 Å². The summed E-state index contributed by atoms with van der Waals surface area (Å²) in [5.41, 5.74) is 0. The van der Waals surface area contributed by atoms with Crippen molar-refractivity contribution in [2.24, 2.45) is 0 Å². The molecule has 2 amide bonds. The van der Waals surface area contributed by atoms with Crippen LogP contribution in [0.5, 0.6) is 0 Å². The molecule has 23 heavy (non-hydrogen) atoms. The molecule has 1 aromatic heterocycles. The molecular formula is C15H23N5O3. The number of hydrogen-bond acceptors (Lipinski definition) is 5. The lowest BCUT2D eigenvalue weighted by molar-refractivity contribution is -0.138.